The summed E-state index contributed by atoms with van der Waals surface area (Å²) in [5, 5.41) is 10.1. The van der Waals surface area contributed by atoms with E-state index < -0.39 is 0 Å². The predicted molar refractivity (Wildman–Crippen MR) is 150 cm³/mol. The van der Waals surface area contributed by atoms with Gasteiger partial charge in [0.15, 0.2) is 11.5 Å². The lowest BCUT2D eigenvalue weighted by Crippen LogP contribution is -2.13. The van der Waals surface area contributed by atoms with Gasteiger partial charge in [-0.15, -0.1) is 0 Å². The Balaban J connectivity index is 2.51. The highest BCUT2D eigenvalue weighted by Gasteiger charge is 2.13. The van der Waals surface area contributed by atoms with Crippen LogP contribution < -0.4 is 9.47 Å². The van der Waals surface area contributed by atoms with E-state index in [-0.39, 0.29) is 11.7 Å². The van der Waals surface area contributed by atoms with E-state index >= 15 is 0 Å². The van der Waals surface area contributed by atoms with Crippen molar-refractivity contribution in [2.45, 2.75) is 117 Å². The lowest BCUT2D eigenvalue weighted by Gasteiger charge is -2.17. The highest BCUT2D eigenvalue weighted by atomic mass is 16.5. The number of rotatable bonds is 22. The van der Waals surface area contributed by atoms with Gasteiger partial charge in [0.05, 0.1) is 20.8 Å². The maximum Gasteiger partial charge on any atom is 0.330 e. The van der Waals surface area contributed by atoms with Gasteiger partial charge in [-0.1, -0.05) is 104 Å². The number of benzene rings is 1. The van der Waals surface area contributed by atoms with E-state index in [9.17, 15) is 9.90 Å². The van der Waals surface area contributed by atoms with Gasteiger partial charge in [-0.2, -0.15) is 0 Å². The lowest BCUT2D eigenvalue weighted by atomic mass is 9.94. The molecular weight excluding hydrogens is 452 g/mol. The Morgan fingerprint density at radius 1 is 0.778 bits per heavy atom. The fourth-order valence-corrected chi connectivity index (χ4v) is 4.51. The zero-order valence-corrected chi connectivity index (χ0v) is 23.5. The van der Waals surface area contributed by atoms with Crippen LogP contribution in [0.3, 0.4) is 0 Å². The van der Waals surface area contributed by atoms with Crippen LogP contribution in [0.25, 0.3) is 6.08 Å². The summed E-state index contributed by atoms with van der Waals surface area (Å²) in [6.07, 6.45) is 23.6. The molecule has 1 rings (SSSR count). The molecule has 0 saturated heterocycles. The molecule has 0 spiro atoms. The first-order valence-electron chi connectivity index (χ1n) is 14.3. The Morgan fingerprint density at radius 2 is 1.22 bits per heavy atom. The molecule has 1 aromatic carbocycles. The van der Waals surface area contributed by atoms with E-state index in [0.717, 1.165) is 12.8 Å². The second kappa shape index (κ2) is 21.0. The van der Waals surface area contributed by atoms with Crippen LogP contribution in [0.1, 0.15) is 122 Å². The molecule has 0 amide bonds. The van der Waals surface area contributed by atoms with Gasteiger partial charge < -0.3 is 19.3 Å². The van der Waals surface area contributed by atoms with Crippen LogP contribution in [-0.2, 0) is 9.53 Å². The second-order valence-corrected chi connectivity index (χ2v) is 9.92. The lowest BCUT2D eigenvalue weighted by molar-refractivity contribution is -0.139. The quantitative estimate of drug-likeness (QED) is 0.0970. The number of aromatic hydroxyl groups is 1. The maximum atomic E-state index is 12.4. The Hall–Kier alpha value is -2.17. The standard InChI is InChI=1S/C31H52O5/c1-5-7-9-11-13-14-16-18-20-26(19-17-15-12-10-8-6-2)25-36-30(32)22-21-27-23-28(34-3)31(33)29(24-27)35-4/h21-24,26,33H,5-20,25H2,1-4H3/b22-21+. The summed E-state index contributed by atoms with van der Waals surface area (Å²) in [5.74, 6) is 0.629. The minimum Gasteiger partial charge on any atom is -0.502 e. The first kappa shape index (κ1) is 31.9. The van der Waals surface area contributed by atoms with Crippen LogP contribution in [0.15, 0.2) is 18.2 Å². The third-order valence-electron chi connectivity index (χ3n) is 6.81. The molecule has 36 heavy (non-hydrogen) atoms. The van der Waals surface area contributed by atoms with E-state index in [2.05, 4.69) is 13.8 Å². The van der Waals surface area contributed by atoms with Crippen molar-refractivity contribution >= 4 is 12.0 Å². The average molecular weight is 505 g/mol. The van der Waals surface area contributed by atoms with Gasteiger partial charge in [0.25, 0.3) is 0 Å². The molecule has 5 heteroatoms. The van der Waals surface area contributed by atoms with E-state index in [1.165, 1.54) is 110 Å². The smallest absolute Gasteiger partial charge is 0.330 e. The van der Waals surface area contributed by atoms with Crippen molar-refractivity contribution in [2.24, 2.45) is 5.92 Å². The Labute approximate surface area is 220 Å². The van der Waals surface area contributed by atoms with Crippen molar-refractivity contribution in [3.8, 4) is 17.2 Å². The predicted octanol–water partition coefficient (Wildman–Crippen LogP) is 8.86. The van der Waals surface area contributed by atoms with Crippen LogP contribution in [-0.4, -0.2) is 31.9 Å². The van der Waals surface area contributed by atoms with Crippen molar-refractivity contribution in [1.29, 1.82) is 0 Å². The minimum atomic E-state index is -0.343. The Morgan fingerprint density at radius 3 is 1.67 bits per heavy atom. The summed E-state index contributed by atoms with van der Waals surface area (Å²) in [4.78, 5) is 12.4. The zero-order chi connectivity index (χ0) is 26.4. The van der Waals surface area contributed by atoms with E-state index in [1.54, 1.807) is 18.2 Å². The molecule has 0 radical (unpaired) electrons. The third-order valence-corrected chi connectivity index (χ3v) is 6.81. The summed E-state index contributed by atoms with van der Waals surface area (Å²) >= 11 is 0. The molecule has 0 aliphatic heterocycles. The van der Waals surface area contributed by atoms with Crippen molar-refractivity contribution in [3.63, 3.8) is 0 Å². The fourth-order valence-electron chi connectivity index (χ4n) is 4.51. The van der Waals surface area contributed by atoms with Gasteiger partial charge in [0.1, 0.15) is 0 Å². The van der Waals surface area contributed by atoms with Crippen molar-refractivity contribution in [2.75, 3.05) is 20.8 Å². The molecule has 1 N–H and O–H groups in total. The number of esters is 1. The Bertz CT molecular complexity index is 703. The Kier molecular flexibility index (Phi) is 18.6. The first-order chi connectivity index (χ1) is 17.5. The van der Waals surface area contributed by atoms with Gasteiger partial charge in [0.2, 0.25) is 5.75 Å². The second-order valence-electron chi connectivity index (χ2n) is 9.92. The molecule has 0 aromatic heterocycles. The van der Waals surface area contributed by atoms with Crippen molar-refractivity contribution in [3.05, 3.63) is 23.8 Å². The SMILES string of the molecule is CCCCCCCCCCC(CCCCCCCC)COC(=O)/C=C/c1cc(OC)c(O)c(OC)c1. The molecule has 1 unspecified atom stereocenters. The van der Waals surface area contributed by atoms with Crippen molar-refractivity contribution in [1.82, 2.24) is 0 Å². The number of carbonyl (C=O) groups excluding carboxylic acids is 1. The first-order valence-corrected chi connectivity index (χ1v) is 14.3. The van der Waals surface area contributed by atoms with Gasteiger partial charge in [-0.25, -0.2) is 4.79 Å². The topological polar surface area (TPSA) is 65.0 Å². The summed E-state index contributed by atoms with van der Waals surface area (Å²) in [5.41, 5.74) is 0.695. The summed E-state index contributed by atoms with van der Waals surface area (Å²) in [6.45, 7) is 4.99. The van der Waals surface area contributed by atoms with E-state index in [1.807, 2.05) is 0 Å². The number of ether oxygens (including phenoxy) is 3. The van der Waals surface area contributed by atoms with Crippen LogP contribution in [0.4, 0.5) is 0 Å². The van der Waals surface area contributed by atoms with Crippen LogP contribution in [0.2, 0.25) is 0 Å². The molecule has 0 aliphatic carbocycles. The molecule has 1 aromatic rings. The largest absolute Gasteiger partial charge is 0.502 e. The molecule has 0 aliphatic rings. The molecule has 0 bridgehead atoms. The van der Waals surface area contributed by atoms with Crippen LogP contribution >= 0.6 is 0 Å². The highest BCUT2D eigenvalue weighted by Crippen LogP contribution is 2.37. The fraction of sp³-hybridized carbons (Fsp3) is 0.710. The van der Waals surface area contributed by atoms with Gasteiger partial charge in [0, 0.05) is 6.08 Å². The number of phenolic OH excluding ortho intramolecular Hbond substituents is 1. The number of hydrogen-bond acceptors (Lipinski definition) is 5. The number of methoxy groups -OCH3 is 2. The summed E-state index contributed by atoms with van der Waals surface area (Å²) in [7, 11) is 2.96. The molecular formula is C31H52O5. The highest BCUT2D eigenvalue weighted by molar-refractivity contribution is 5.87. The zero-order valence-electron chi connectivity index (χ0n) is 23.5. The molecule has 0 saturated carbocycles. The van der Waals surface area contributed by atoms with E-state index in [0.29, 0.717) is 29.6 Å². The third kappa shape index (κ3) is 14.4. The van der Waals surface area contributed by atoms with Gasteiger partial charge >= 0.3 is 5.97 Å². The molecule has 5 nitrogen and oxygen atoms in total. The number of unbranched alkanes of at least 4 members (excludes halogenated alkanes) is 12. The number of carbonyl (C=O) groups is 1. The minimum absolute atomic E-state index is 0.0572. The normalized spacial score (nSPS) is 12.1. The number of hydrogen-bond donors (Lipinski definition) is 1. The van der Waals surface area contributed by atoms with Crippen LogP contribution in [0, 0.1) is 5.92 Å². The molecule has 0 heterocycles. The average Bonchev–Trinajstić information content (AvgIpc) is 2.89. The molecule has 0 fully saturated rings. The summed E-state index contributed by atoms with van der Waals surface area (Å²) in [6, 6.07) is 3.32. The summed E-state index contributed by atoms with van der Waals surface area (Å²) < 4.78 is 16.0. The van der Waals surface area contributed by atoms with Gasteiger partial charge in [-0.05, 0) is 42.5 Å². The van der Waals surface area contributed by atoms with Gasteiger partial charge in [-0.3, -0.25) is 0 Å². The monoisotopic (exact) mass is 504 g/mol. The van der Waals surface area contributed by atoms with E-state index in [4.69, 9.17) is 14.2 Å². The van der Waals surface area contributed by atoms with Crippen molar-refractivity contribution < 1.29 is 24.1 Å². The maximum absolute atomic E-state index is 12.4. The number of phenols is 1. The molecule has 1 atom stereocenters. The molecule has 206 valence electrons. The van der Waals surface area contributed by atoms with Crippen LogP contribution in [0.5, 0.6) is 17.2 Å².